The van der Waals surface area contributed by atoms with Crippen molar-refractivity contribution in [1.29, 1.82) is 0 Å². The van der Waals surface area contributed by atoms with Crippen LogP contribution in [0.25, 0.3) is 0 Å². The molecule has 0 spiro atoms. The highest BCUT2D eigenvalue weighted by molar-refractivity contribution is 9.10. The highest BCUT2D eigenvalue weighted by Gasteiger charge is 2.10. The standard InChI is InChI=1S/C9H11BrO3/c1-3-8-7(10)4-6(13-8)5-9(11)12-2/h4H,3,5H2,1-2H3. The third kappa shape index (κ3) is 2.59. The Kier molecular flexibility index (Phi) is 3.54. The summed E-state index contributed by atoms with van der Waals surface area (Å²) >= 11 is 3.34. The summed E-state index contributed by atoms with van der Waals surface area (Å²) in [6, 6.07) is 1.80. The number of hydrogen-bond donors (Lipinski definition) is 0. The fourth-order valence-electron chi connectivity index (χ4n) is 1.00. The summed E-state index contributed by atoms with van der Waals surface area (Å²) in [5, 5.41) is 0. The molecule has 0 aliphatic carbocycles. The number of halogens is 1. The Labute approximate surface area is 85.2 Å². The zero-order valence-corrected chi connectivity index (χ0v) is 9.18. The van der Waals surface area contributed by atoms with Gasteiger partial charge in [0.2, 0.25) is 0 Å². The number of methoxy groups -OCH3 is 1. The molecule has 3 nitrogen and oxygen atoms in total. The molecule has 0 atom stereocenters. The van der Waals surface area contributed by atoms with Crippen molar-refractivity contribution in [2.45, 2.75) is 19.8 Å². The van der Waals surface area contributed by atoms with Crippen LogP contribution in [0.4, 0.5) is 0 Å². The van der Waals surface area contributed by atoms with Gasteiger partial charge in [-0.1, -0.05) is 6.92 Å². The molecule has 0 unspecified atom stereocenters. The van der Waals surface area contributed by atoms with Gasteiger partial charge in [-0.25, -0.2) is 0 Å². The van der Waals surface area contributed by atoms with E-state index in [2.05, 4.69) is 20.7 Å². The Morgan fingerprint density at radius 3 is 2.85 bits per heavy atom. The molecule has 0 aliphatic heterocycles. The lowest BCUT2D eigenvalue weighted by atomic mass is 10.3. The van der Waals surface area contributed by atoms with E-state index in [-0.39, 0.29) is 12.4 Å². The van der Waals surface area contributed by atoms with E-state index >= 15 is 0 Å². The molecule has 1 heterocycles. The van der Waals surface area contributed by atoms with Gasteiger partial charge in [0, 0.05) is 6.42 Å². The molecule has 0 radical (unpaired) electrons. The molecule has 4 heteroatoms. The normalized spacial score (nSPS) is 10.1. The van der Waals surface area contributed by atoms with Gasteiger partial charge >= 0.3 is 5.97 Å². The summed E-state index contributed by atoms with van der Waals surface area (Å²) in [7, 11) is 1.36. The second-order valence-corrected chi connectivity index (χ2v) is 3.44. The minimum Gasteiger partial charge on any atom is -0.469 e. The number of carbonyl (C=O) groups excluding carboxylic acids is 1. The van der Waals surface area contributed by atoms with Crippen LogP contribution in [0.3, 0.4) is 0 Å². The van der Waals surface area contributed by atoms with Crippen LogP contribution in [-0.2, 0) is 22.4 Å². The topological polar surface area (TPSA) is 39.4 Å². The van der Waals surface area contributed by atoms with Crippen molar-refractivity contribution in [1.82, 2.24) is 0 Å². The van der Waals surface area contributed by atoms with Gasteiger partial charge in [0.25, 0.3) is 0 Å². The lowest BCUT2D eigenvalue weighted by Crippen LogP contribution is -2.03. The van der Waals surface area contributed by atoms with Crippen molar-refractivity contribution in [3.05, 3.63) is 22.1 Å². The molecule has 0 fully saturated rings. The molecule has 0 aliphatic rings. The molecule has 72 valence electrons. The predicted octanol–water partition coefficient (Wildman–Crippen LogP) is 2.32. The molecular formula is C9H11BrO3. The SMILES string of the molecule is CCc1oc(CC(=O)OC)cc1Br. The Morgan fingerprint density at radius 2 is 2.38 bits per heavy atom. The minimum absolute atomic E-state index is 0.190. The quantitative estimate of drug-likeness (QED) is 0.769. The van der Waals surface area contributed by atoms with E-state index in [1.54, 1.807) is 6.07 Å². The molecular weight excluding hydrogens is 236 g/mol. The molecule has 0 saturated heterocycles. The second-order valence-electron chi connectivity index (χ2n) is 2.59. The van der Waals surface area contributed by atoms with Gasteiger partial charge in [0.05, 0.1) is 11.6 Å². The van der Waals surface area contributed by atoms with Gasteiger partial charge in [0.1, 0.15) is 17.9 Å². The van der Waals surface area contributed by atoms with Gasteiger partial charge in [-0.05, 0) is 22.0 Å². The fraction of sp³-hybridized carbons (Fsp3) is 0.444. The van der Waals surface area contributed by atoms with Crippen LogP contribution in [-0.4, -0.2) is 13.1 Å². The van der Waals surface area contributed by atoms with Crippen molar-refractivity contribution in [2.24, 2.45) is 0 Å². The first-order valence-corrected chi connectivity index (χ1v) is 4.80. The molecule has 0 N–H and O–H groups in total. The van der Waals surface area contributed by atoms with E-state index in [1.807, 2.05) is 6.92 Å². The number of furan rings is 1. The maximum absolute atomic E-state index is 10.9. The summed E-state index contributed by atoms with van der Waals surface area (Å²) in [6.45, 7) is 1.99. The molecule has 0 amide bonds. The van der Waals surface area contributed by atoms with Crippen LogP contribution < -0.4 is 0 Å². The Hall–Kier alpha value is -0.770. The van der Waals surface area contributed by atoms with Crippen molar-refractivity contribution < 1.29 is 13.9 Å². The maximum Gasteiger partial charge on any atom is 0.313 e. The number of carbonyl (C=O) groups is 1. The molecule has 0 aromatic carbocycles. The fourth-order valence-corrected chi connectivity index (χ4v) is 1.62. The van der Waals surface area contributed by atoms with E-state index in [9.17, 15) is 4.79 Å². The molecule has 0 saturated carbocycles. The van der Waals surface area contributed by atoms with E-state index in [0.29, 0.717) is 5.76 Å². The van der Waals surface area contributed by atoms with E-state index < -0.39 is 0 Å². The number of aryl methyl sites for hydroxylation is 1. The summed E-state index contributed by atoms with van der Waals surface area (Å²) < 4.78 is 10.8. The lowest BCUT2D eigenvalue weighted by Gasteiger charge is -1.94. The zero-order chi connectivity index (χ0) is 9.84. The molecule has 0 bridgehead atoms. The lowest BCUT2D eigenvalue weighted by molar-refractivity contribution is -0.140. The predicted molar refractivity (Wildman–Crippen MR) is 51.5 cm³/mol. The van der Waals surface area contributed by atoms with Crippen molar-refractivity contribution in [2.75, 3.05) is 7.11 Å². The number of rotatable bonds is 3. The molecule has 13 heavy (non-hydrogen) atoms. The summed E-state index contributed by atoms with van der Waals surface area (Å²) in [5.41, 5.74) is 0. The van der Waals surface area contributed by atoms with Gasteiger partial charge in [-0.15, -0.1) is 0 Å². The second kappa shape index (κ2) is 4.46. The van der Waals surface area contributed by atoms with Crippen molar-refractivity contribution in [3.63, 3.8) is 0 Å². The highest BCUT2D eigenvalue weighted by atomic mass is 79.9. The van der Waals surface area contributed by atoms with Crippen molar-refractivity contribution in [3.8, 4) is 0 Å². The first kappa shape index (κ1) is 10.3. The van der Waals surface area contributed by atoms with E-state index in [0.717, 1.165) is 16.7 Å². The maximum atomic E-state index is 10.9. The number of esters is 1. The van der Waals surface area contributed by atoms with Gasteiger partial charge < -0.3 is 9.15 Å². The van der Waals surface area contributed by atoms with Crippen LogP contribution in [0.5, 0.6) is 0 Å². The van der Waals surface area contributed by atoms with Crippen LogP contribution >= 0.6 is 15.9 Å². The smallest absolute Gasteiger partial charge is 0.313 e. The first-order chi connectivity index (χ1) is 6.17. The molecule has 1 rings (SSSR count). The van der Waals surface area contributed by atoms with Crippen LogP contribution in [0.2, 0.25) is 0 Å². The van der Waals surface area contributed by atoms with Crippen LogP contribution in [0.1, 0.15) is 18.4 Å². The first-order valence-electron chi connectivity index (χ1n) is 4.01. The average molecular weight is 247 g/mol. The van der Waals surface area contributed by atoms with E-state index in [1.165, 1.54) is 7.11 Å². The van der Waals surface area contributed by atoms with Gasteiger partial charge in [0.15, 0.2) is 0 Å². The van der Waals surface area contributed by atoms with Gasteiger partial charge in [-0.3, -0.25) is 4.79 Å². The summed E-state index contributed by atoms with van der Waals surface area (Å²) in [5.74, 6) is 1.21. The largest absolute Gasteiger partial charge is 0.469 e. The van der Waals surface area contributed by atoms with Crippen LogP contribution in [0, 0.1) is 0 Å². The average Bonchev–Trinajstić information content (AvgIpc) is 2.46. The molecule has 1 aromatic rings. The Balaban J connectivity index is 2.73. The Morgan fingerprint density at radius 1 is 1.69 bits per heavy atom. The van der Waals surface area contributed by atoms with E-state index in [4.69, 9.17) is 4.42 Å². The zero-order valence-electron chi connectivity index (χ0n) is 7.59. The van der Waals surface area contributed by atoms with Crippen LogP contribution in [0.15, 0.2) is 15.0 Å². The van der Waals surface area contributed by atoms with Crippen molar-refractivity contribution >= 4 is 21.9 Å². The molecule has 1 aromatic heterocycles. The minimum atomic E-state index is -0.288. The third-order valence-corrected chi connectivity index (χ3v) is 2.35. The third-order valence-electron chi connectivity index (χ3n) is 1.68. The monoisotopic (exact) mass is 246 g/mol. The highest BCUT2D eigenvalue weighted by Crippen LogP contribution is 2.22. The number of ether oxygens (including phenoxy) is 1. The summed E-state index contributed by atoms with van der Waals surface area (Å²) in [4.78, 5) is 10.9. The van der Waals surface area contributed by atoms with Gasteiger partial charge in [-0.2, -0.15) is 0 Å². The Bertz CT molecular complexity index is 304. The summed E-state index contributed by atoms with van der Waals surface area (Å²) in [6.07, 6.45) is 0.997. The number of hydrogen-bond acceptors (Lipinski definition) is 3.